The maximum atomic E-state index is 12.5. The van der Waals surface area contributed by atoms with Crippen LogP contribution in [-0.4, -0.2) is 43.7 Å². The van der Waals surface area contributed by atoms with Crippen LogP contribution in [0, 0.1) is 5.92 Å². The van der Waals surface area contributed by atoms with Crippen molar-refractivity contribution < 1.29 is 21.6 Å². The summed E-state index contributed by atoms with van der Waals surface area (Å²) in [7, 11) is -3.09. The van der Waals surface area contributed by atoms with Crippen LogP contribution < -0.4 is 4.90 Å². The highest BCUT2D eigenvalue weighted by atomic mass is 32.2. The summed E-state index contributed by atoms with van der Waals surface area (Å²) in [5, 5.41) is 5.94. The maximum absolute atomic E-state index is 12.5. The zero-order valence-electron chi connectivity index (χ0n) is 10.7. The molecule has 0 radical (unpaired) electrons. The number of nitrogens with zero attached hydrogens (tertiary/aromatic N) is 3. The van der Waals surface area contributed by atoms with Gasteiger partial charge in [0.15, 0.2) is 0 Å². The zero-order chi connectivity index (χ0) is 15.0. The summed E-state index contributed by atoms with van der Waals surface area (Å²) in [5.74, 6) is -0.0222. The van der Waals surface area contributed by atoms with Gasteiger partial charge in [0.2, 0.25) is 10.1 Å². The van der Waals surface area contributed by atoms with Crippen LogP contribution in [0.3, 0.4) is 0 Å². The second-order valence-electron chi connectivity index (χ2n) is 4.93. The Morgan fingerprint density at radius 2 is 2.10 bits per heavy atom. The summed E-state index contributed by atoms with van der Waals surface area (Å²) >= 11 is 0.496. The zero-order valence-corrected chi connectivity index (χ0v) is 12.4. The number of hydrogen-bond acceptors (Lipinski definition) is 6. The molecule has 0 saturated carbocycles. The van der Waals surface area contributed by atoms with Crippen LogP contribution in [0.5, 0.6) is 0 Å². The molecular weight excluding hydrogens is 315 g/mol. The van der Waals surface area contributed by atoms with E-state index >= 15 is 0 Å². The molecule has 1 fully saturated rings. The van der Waals surface area contributed by atoms with Crippen molar-refractivity contribution in [2.75, 3.05) is 30.0 Å². The lowest BCUT2D eigenvalue weighted by Crippen LogP contribution is -2.38. The van der Waals surface area contributed by atoms with Crippen LogP contribution in [-0.2, 0) is 16.0 Å². The number of rotatable bonds is 3. The molecule has 0 N–H and O–H groups in total. The Morgan fingerprint density at radius 3 is 2.65 bits per heavy atom. The van der Waals surface area contributed by atoms with Gasteiger partial charge in [0.1, 0.15) is 9.84 Å². The van der Waals surface area contributed by atoms with Crippen LogP contribution in [0.2, 0.25) is 0 Å². The minimum Gasteiger partial charge on any atom is -0.346 e. The molecule has 0 aromatic carbocycles. The molecule has 10 heteroatoms. The lowest BCUT2D eigenvalue weighted by atomic mass is 10.0. The lowest BCUT2D eigenvalue weighted by molar-refractivity contribution is -0.138. The molecule has 0 spiro atoms. The van der Waals surface area contributed by atoms with Gasteiger partial charge in [-0.3, -0.25) is 0 Å². The van der Waals surface area contributed by atoms with E-state index in [4.69, 9.17) is 0 Å². The molecule has 5 nitrogen and oxygen atoms in total. The van der Waals surface area contributed by atoms with Crippen molar-refractivity contribution >= 4 is 26.3 Å². The number of sulfone groups is 1. The molecule has 1 aliphatic heterocycles. The largest absolute Gasteiger partial charge is 0.445 e. The van der Waals surface area contributed by atoms with Crippen molar-refractivity contribution in [3.05, 3.63) is 5.01 Å². The number of piperidine rings is 1. The Morgan fingerprint density at radius 1 is 1.40 bits per heavy atom. The normalized spacial score (nSPS) is 21.2. The second-order valence-corrected chi connectivity index (χ2v) is 8.08. The predicted molar refractivity (Wildman–Crippen MR) is 69.6 cm³/mol. The molecule has 0 bridgehead atoms. The van der Waals surface area contributed by atoms with Crippen molar-refractivity contribution in [1.29, 1.82) is 0 Å². The number of aromatic nitrogens is 2. The van der Waals surface area contributed by atoms with Crippen molar-refractivity contribution in [3.63, 3.8) is 0 Å². The fourth-order valence-electron chi connectivity index (χ4n) is 2.26. The van der Waals surface area contributed by atoms with Gasteiger partial charge in [-0.1, -0.05) is 11.3 Å². The van der Waals surface area contributed by atoms with E-state index in [1.165, 1.54) is 6.26 Å². The monoisotopic (exact) mass is 329 g/mol. The molecule has 1 atom stereocenters. The molecule has 0 amide bonds. The van der Waals surface area contributed by atoms with Gasteiger partial charge in [0.05, 0.1) is 5.75 Å². The van der Waals surface area contributed by atoms with Gasteiger partial charge < -0.3 is 4.90 Å². The van der Waals surface area contributed by atoms with E-state index in [1.54, 1.807) is 4.90 Å². The second kappa shape index (κ2) is 5.47. The summed E-state index contributed by atoms with van der Waals surface area (Å²) in [5.41, 5.74) is 0. The minimum absolute atomic E-state index is 0.0500. The third-order valence-corrected chi connectivity index (χ3v) is 5.09. The Bertz CT molecular complexity index is 571. The topological polar surface area (TPSA) is 63.2 Å². The average molecular weight is 329 g/mol. The van der Waals surface area contributed by atoms with E-state index in [2.05, 4.69) is 10.2 Å². The summed E-state index contributed by atoms with van der Waals surface area (Å²) in [6.07, 6.45) is -1.83. The van der Waals surface area contributed by atoms with Gasteiger partial charge in [-0.15, -0.1) is 10.2 Å². The van der Waals surface area contributed by atoms with Gasteiger partial charge >= 0.3 is 6.18 Å². The molecule has 1 saturated heterocycles. The van der Waals surface area contributed by atoms with Gasteiger partial charge in [-0.05, 0) is 18.8 Å². The molecule has 114 valence electrons. The SMILES string of the molecule is CS(=O)(=O)CC1CCCN(c2nnc(C(F)(F)F)s2)C1. The number of hydrogen-bond donors (Lipinski definition) is 0. The van der Waals surface area contributed by atoms with E-state index < -0.39 is 21.0 Å². The molecule has 0 aliphatic carbocycles. The first-order chi connectivity index (χ1) is 9.15. The fourth-order valence-corrected chi connectivity index (χ4v) is 4.14. The predicted octanol–water partition coefficient (Wildman–Crippen LogP) is 1.82. The standard InChI is InChI=1S/C10H14F3N3O2S2/c1-20(17,18)6-7-3-2-4-16(5-7)9-15-14-8(19-9)10(11,12)13/h7H,2-6H2,1H3. The summed E-state index contributed by atoms with van der Waals surface area (Å²) in [6, 6.07) is 0. The minimum atomic E-state index is -4.49. The van der Waals surface area contributed by atoms with E-state index in [0.717, 1.165) is 12.8 Å². The van der Waals surface area contributed by atoms with Crippen LogP contribution in [0.1, 0.15) is 17.8 Å². The van der Waals surface area contributed by atoms with Crippen molar-refractivity contribution in [3.8, 4) is 0 Å². The first-order valence-corrected chi connectivity index (χ1v) is 8.86. The highest BCUT2D eigenvalue weighted by Crippen LogP contribution is 2.35. The highest BCUT2D eigenvalue weighted by Gasteiger charge is 2.36. The Balaban J connectivity index is 2.07. The van der Waals surface area contributed by atoms with Crippen molar-refractivity contribution in [2.24, 2.45) is 5.92 Å². The molecule has 20 heavy (non-hydrogen) atoms. The van der Waals surface area contributed by atoms with Crippen LogP contribution in [0.25, 0.3) is 0 Å². The van der Waals surface area contributed by atoms with E-state index in [0.29, 0.717) is 24.4 Å². The smallest absolute Gasteiger partial charge is 0.346 e. The number of halogens is 3. The van der Waals surface area contributed by atoms with Gasteiger partial charge in [0.25, 0.3) is 0 Å². The number of anilines is 1. The quantitative estimate of drug-likeness (QED) is 0.846. The van der Waals surface area contributed by atoms with E-state index in [-0.39, 0.29) is 16.8 Å². The first-order valence-electron chi connectivity index (χ1n) is 5.98. The summed E-state index contributed by atoms with van der Waals surface area (Å²) < 4.78 is 60.0. The van der Waals surface area contributed by atoms with Crippen molar-refractivity contribution in [2.45, 2.75) is 19.0 Å². The molecule has 1 aromatic rings. The van der Waals surface area contributed by atoms with Gasteiger partial charge in [0, 0.05) is 19.3 Å². The summed E-state index contributed by atoms with van der Waals surface area (Å²) in [6.45, 7) is 0.978. The molecular formula is C10H14F3N3O2S2. The van der Waals surface area contributed by atoms with Crippen LogP contribution in [0.4, 0.5) is 18.3 Å². The third-order valence-electron chi connectivity index (χ3n) is 2.98. The van der Waals surface area contributed by atoms with E-state index in [9.17, 15) is 21.6 Å². The Kier molecular flexibility index (Phi) is 4.24. The summed E-state index contributed by atoms with van der Waals surface area (Å²) in [4.78, 5) is 1.69. The molecule has 2 rings (SSSR count). The molecule has 1 unspecified atom stereocenters. The van der Waals surface area contributed by atoms with Gasteiger partial charge in [-0.25, -0.2) is 8.42 Å². The third kappa shape index (κ3) is 4.05. The van der Waals surface area contributed by atoms with Crippen LogP contribution in [0.15, 0.2) is 0 Å². The molecule has 2 heterocycles. The molecule has 1 aliphatic rings. The molecule has 1 aromatic heterocycles. The van der Waals surface area contributed by atoms with Crippen LogP contribution >= 0.6 is 11.3 Å². The average Bonchev–Trinajstić information content (AvgIpc) is 2.75. The number of alkyl halides is 3. The highest BCUT2D eigenvalue weighted by molar-refractivity contribution is 7.90. The lowest BCUT2D eigenvalue weighted by Gasteiger charge is -2.31. The first kappa shape index (κ1) is 15.5. The Hall–Kier alpha value is -0.900. The van der Waals surface area contributed by atoms with E-state index in [1.807, 2.05) is 0 Å². The van der Waals surface area contributed by atoms with Gasteiger partial charge in [-0.2, -0.15) is 13.2 Å². The van der Waals surface area contributed by atoms with Crippen molar-refractivity contribution in [1.82, 2.24) is 10.2 Å². The maximum Gasteiger partial charge on any atom is 0.445 e. The fraction of sp³-hybridized carbons (Fsp3) is 0.800. The Labute approximate surface area is 118 Å².